The summed E-state index contributed by atoms with van der Waals surface area (Å²) in [6.45, 7) is 5.33. The zero-order chi connectivity index (χ0) is 19.5. The van der Waals surface area contributed by atoms with Crippen LogP contribution in [-0.2, 0) is 9.53 Å². The summed E-state index contributed by atoms with van der Waals surface area (Å²) in [5.74, 6) is 0.861. The molecule has 0 bridgehead atoms. The molecule has 2 amide bonds. The Bertz CT molecular complexity index is 928. The highest BCUT2D eigenvalue weighted by Gasteiger charge is 2.65. The molecule has 146 valence electrons. The molecule has 1 N–H and O–H groups in total. The van der Waals surface area contributed by atoms with Crippen LogP contribution >= 0.6 is 0 Å². The van der Waals surface area contributed by atoms with Gasteiger partial charge in [0, 0.05) is 18.5 Å². The van der Waals surface area contributed by atoms with Gasteiger partial charge in [0.25, 0.3) is 5.91 Å². The van der Waals surface area contributed by atoms with Crippen molar-refractivity contribution in [1.29, 1.82) is 0 Å². The predicted octanol–water partition coefficient (Wildman–Crippen LogP) is 1.67. The number of hydrogen-bond acceptors (Lipinski definition) is 5. The standard InChI is InChI=1S/C20H23N5O3/c1-12(2)15-10-28-20-7-8-24(16(20)9-17(26)25(15)20)19(27)14-6-4-3-5-13(14)18-21-11-22-23-18/h3-6,11-12,15-16H,7-10H2,1-2H3,(H,21,22,23)/t15-,16+,20-/m0/s1. The van der Waals surface area contributed by atoms with E-state index in [0.29, 0.717) is 48.9 Å². The van der Waals surface area contributed by atoms with E-state index in [2.05, 4.69) is 29.0 Å². The Morgan fingerprint density at radius 2 is 2.18 bits per heavy atom. The van der Waals surface area contributed by atoms with E-state index in [0.717, 1.165) is 0 Å². The number of nitrogens with zero attached hydrogens (tertiary/aromatic N) is 4. The minimum absolute atomic E-state index is 0.0778. The van der Waals surface area contributed by atoms with Crippen LogP contribution in [0.2, 0.25) is 0 Å². The molecule has 1 spiro atoms. The molecule has 0 radical (unpaired) electrons. The number of ether oxygens (including phenoxy) is 1. The van der Waals surface area contributed by atoms with Crippen molar-refractivity contribution in [2.75, 3.05) is 13.2 Å². The van der Waals surface area contributed by atoms with Gasteiger partial charge in [0.1, 0.15) is 6.33 Å². The Morgan fingerprint density at radius 3 is 2.93 bits per heavy atom. The van der Waals surface area contributed by atoms with Gasteiger partial charge in [-0.25, -0.2) is 4.98 Å². The summed E-state index contributed by atoms with van der Waals surface area (Å²) < 4.78 is 6.23. The van der Waals surface area contributed by atoms with Crippen LogP contribution in [0.4, 0.5) is 0 Å². The average molecular weight is 381 g/mol. The molecule has 1 aromatic carbocycles. The number of H-pyrrole nitrogens is 1. The second-order valence-corrected chi connectivity index (χ2v) is 8.08. The van der Waals surface area contributed by atoms with Crippen molar-refractivity contribution in [3.63, 3.8) is 0 Å². The molecule has 4 heterocycles. The number of aromatic nitrogens is 3. The SMILES string of the molecule is CC(C)[C@@H]1CO[C@@]23CCN(C(=O)c4ccccc4-c4ncn[nH]4)[C@@H]2CC(=O)N13. The van der Waals surface area contributed by atoms with Crippen molar-refractivity contribution in [3.8, 4) is 11.4 Å². The smallest absolute Gasteiger partial charge is 0.255 e. The van der Waals surface area contributed by atoms with Crippen LogP contribution in [0.15, 0.2) is 30.6 Å². The lowest BCUT2D eigenvalue weighted by atomic mass is 10.0. The average Bonchev–Trinajstić information content (AvgIpc) is 3.44. The highest BCUT2D eigenvalue weighted by Crippen LogP contribution is 2.49. The Kier molecular flexibility index (Phi) is 3.80. The Hall–Kier alpha value is -2.74. The number of aromatic amines is 1. The number of rotatable bonds is 3. The second-order valence-electron chi connectivity index (χ2n) is 8.08. The van der Waals surface area contributed by atoms with Gasteiger partial charge in [-0.15, -0.1) is 0 Å². The minimum Gasteiger partial charge on any atom is -0.351 e. The van der Waals surface area contributed by atoms with Gasteiger partial charge < -0.3 is 14.5 Å². The summed E-state index contributed by atoms with van der Waals surface area (Å²) in [4.78, 5) is 34.2. The topological polar surface area (TPSA) is 91.4 Å². The predicted molar refractivity (Wildman–Crippen MR) is 100 cm³/mol. The van der Waals surface area contributed by atoms with Gasteiger partial charge >= 0.3 is 0 Å². The van der Waals surface area contributed by atoms with Gasteiger partial charge in [0.05, 0.1) is 30.7 Å². The molecule has 8 heteroatoms. The summed E-state index contributed by atoms with van der Waals surface area (Å²) in [6, 6.07) is 7.19. The highest BCUT2D eigenvalue weighted by molar-refractivity contribution is 6.01. The Morgan fingerprint density at radius 1 is 1.36 bits per heavy atom. The van der Waals surface area contributed by atoms with E-state index >= 15 is 0 Å². The molecule has 1 aromatic heterocycles. The summed E-state index contributed by atoms with van der Waals surface area (Å²) >= 11 is 0. The van der Waals surface area contributed by atoms with Crippen LogP contribution in [0, 0.1) is 5.92 Å². The lowest BCUT2D eigenvalue weighted by Gasteiger charge is -2.34. The third kappa shape index (κ3) is 2.27. The molecular weight excluding hydrogens is 358 g/mol. The molecule has 3 aliphatic heterocycles. The van der Waals surface area contributed by atoms with Gasteiger partial charge in [-0.2, -0.15) is 5.10 Å². The van der Waals surface area contributed by atoms with E-state index in [1.165, 1.54) is 6.33 Å². The zero-order valence-corrected chi connectivity index (χ0v) is 16.0. The molecule has 2 aromatic rings. The Balaban J connectivity index is 1.49. The molecule has 3 saturated heterocycles. The zero-order valence-electron chi connectivity index (χ0n) is 16.0. The molecule has 3 aliphatic rings. The first-order valence-corrected chi connectivity index (χ1v) is 9.75. The number of likely N-dealkylation sites (tertiary alicyclic amines) is 1. The molecule has 0 unspecified atom stereocenters. The molecule has 0 saturated carbocycles. The first kappa shape index (κ1) is 17.4. The van der Waals surface area contributed by atoms with E-state index in [4.69, 9.17) is 4.74 Å². The maximum absolute atomic E-state index is 13.5. The monoisotopic (exact) mass is 381 g/mol. The first-order valence-electron chi connectivity index (χ1n) is 9.75. The van der Waals surface area contributed by atoms with Crippen LogP contribution in [-0.4, -0.2) is 67.8 Å². The van der Waals surface area contributed by atoms with Crippen LogP contribution in [0.3, 0.4) is 0 Å². The van der Waals surface area contributed by atoms with Crippen LogP contribution in [0.5, 0.6) is 0 Å². The van der Waals surface area contributed by atoms with E-state index in [9.17, 15) is 9.59 Å². The van der Waals surface area contributed by atoms with Crippen molar-refractivity contribution in [1.82, 2.24) is 25.0 Å². The van der Waals surface area contributed by atoms with Crippen molar-refractivity contribution in [3.05, 3.63) is 36.2 Å². The number of benzene rings is 1. The number of nitrogens with one attached hydrogen (secondary N) is 1. The summed E-state index contributed by atoms with van der Waals surface area (Å²) in [7, 11) is 0. The fourth-order valence-electron chi connectivity index (χ4n) is 4.98. The van der Waals surface area contributed by atoms with Gasteiger partial charge in [0.2, 0.25) is 5.91 Å². The van der Waals surface area contributed by atoms with Gasteiger partial charge in [-0.05, 0) is 12.0 Å². The van der Waals surface area contributed by atoms with E-state index in [1.54, 1.807) is 6.07 Å². The molecule has 3 fully saturated rings. The molecule has 5 rings (SSSR count). The van der Waals surface area contributed by atoms with Gasteiger partial charge in [-0.1, -0.05) is 32.0 Å². The fraction of sp³-hybridized carbons (Fsp3) is 0.500. The minimum atomic E-state index is -0.664. The lowest BCUT2D eigenvalue weighted by Crippen LogP contribution is -2.51. The Labute approximate surface area is 162 Å². The third-order valence-corrected chi connectivity index (χ3v) is 6.35. The molecular formula is C20H23N5O3. The van der Waals surface area contributed by atoms with E-state index in [-0.39, 0.29) is 23.9 Å². The van der Waals surface area contributed by atoms with Crippen molar-refractivity contribution >= 4 is 11.8 Å². The maximum atomic E-state index is 13.5. The quantitative estimate of drug-likeness (QED) is 0.873. The number of hydrogen-bond donors (Lipinski definition) is 1. The fourth-order valence-corrected chi connectivity index (χ4v) is 4.98. The normalized spacial score (nSPS) is 28.9. The van der Waals surface area contributed by atoms with E-state index in [1.807, 2.05) is 28.0 Å². The summed E-state index contributed by atoms with van der Waals surface area (Å²) in [5.41, 5.74) is 0.600. The van der Waals surface area contributed by atoms with Crippen LogP contribution in [0.1, 0.15) is 37.0 Å². The maximum Gasteiger partial charge on any atom is 0.255 e. The van der Waals surface area contributed by atoms with Crippen LogP contribution < -0.4 is 0 Å². The first-order chi connectivity index (χ1) is 13.5. The molecule has 8 nitrogen and oxygen atoms in total. The van der Waals surface area contributed by atoms with Crippen molar-refractivity contribution in [2.45, 2.75) is 44.5 Å². The third-order valence-electron chi connectivity index (χ3n) is 6.35. The van der Waals surface area contributed by atoms with Crippen LogP contribution in [0.25, 0.3) is 11.4 Å². The van der Waals surface area contributed by atoms with Gasteiger partial charge in [-0.3, -0.25) is 14.7 Å². The van der Waals surface area contributed by atoms with E-state index < -0.39 is 5.72 Å². The molecule has 28 heavy (non-hydrogen) atoms. The lowest BCUT2D eigenvalue weighted by molar-refractivity contribution is -0.139. The number of carbonyl (C=O) groups is 2. The molecule has 3 atom stereocenters. The van der Waals surface area contributed by atoms with Crippen molar-refractivity contribution in [2.24, 2.45) is 5.92 Å². The summed E-state index contributed by atoms with van der Waals surface area (Å²) in [6.07, 6.45) is 2.40. The number of amides is 2. The van der Waals surface area contributed by atoms with Gasteiger partial charge in [0.15, 0.2) is 11.5 Å². The number of carbonyl (C=O) groups excluding carboxylic acids is 2. The highest BCUT2D eigenvalue weighted by atomic mass is 16.5. The molecule has 0 aliphatic carbocycles. The summed E-state index contributed by atoms with van der Waals surface area (Å²) in [5, 5.41) is 6.72. The van der Waals surface area contributed by atoms with Crippen molar-refractivity contribution < 1.29 is 14.3 Å². The largest absolute Gasteiger partial charge is 0.351 e. The second kappa shape index (κ2) is 6.13.